The smallest absolute Gasteiger partial charge is 1.00 e. The molecule has 0 spiro atoms. The van der Waals surface area contributed by atoms with Gasteiger partial charge in [-0.3, -0.25) is 0 Å². The van der Waals surface area contributed by atoms with E-state index < -0.39 is 0 Å². The Labute approximate surface area is 43.2 Å². The summed E-state index contributed by atoms with van der Waals surface area (Å²) in [5, 5.41) is 0. The standard InChI is InChI=1S/Al.3B/q+3;3*-1. The summed E-state index contributed by atoms with van der Waals surface area (Å²) in [4.78, 5) is 0. The van der Waals surface area contributed by atoms with Crippen LogP contribution in [0.5, 0.6) is 0 Å². The molecule has 0 nitrogen and oxygen atoms in total. The zero-order valence-electron chi connectivity index (χ0n) is 2.31. The van der Waals surface area contributed by atoms with Crippen molar-refractivity contribution in [2.45, 2.75) is 0 Å². The van der Waals surface area contributed by atoms with Crippen LogP contribution in [0.4, 0.5) is 0 Å². The Balaban J connectivity index is 0. The molecule has 0 aliphatic heterocycles. The molecule has 0 amide bonds. The van der Waals surface area contributed by atoms with E-state index in [0.29, 0.717) is 0 Å². The zero-order chi connectivity index (χ0) is 0. The largest absolute Gasteiger partial charge is 3.00 e. The van der Waals surface area contributed by atoms with Crippen LogP contribution in [0, 0.1) is 0 Å². The van der Waals surface area contributed by atoms with Crippen LogP contribution in [0.25, 0.3) is 0 Å². The zero-order valence-corrected chi connectivity index (χ0v) is 3.46. The van der Waals surface area contributed by atoms with Gasteiger partial charge in [0.1, 0.15) is 0 Å². The van der Waals surface area contributed by atoms with Crippen molar-refractivity contribution in [1.82, 2.24) is 0 Å². The molecule has 0 unspecified atom stereocenters. The fraction of sp³-hybridized carbons (Fsp3) is 0. The van der Waals surface area contributed by atoms with E-state index >= 15 is 0 Å². The first kappa shape index (κ1) is 124. The molecule has 12 radical (unpaired) electrons. The molecule has 0 aromatic carbocycles. The van der Waals surface area contributed by atoms with Crippen LogP contribution in [-0.4, -0.2) is 42.6 Å². The summed E-state index contributed by atoms with van der Waals surface area (Å²) in [5.41, 5.74) is 0. The normalized spacial score (nSPS) is 0. The Morgan fingerprint density at radius 1 is 0.500 bits per heavy atom. The first-order valence-corrected chi connectivity index (χ1v) is 0. The van der Waals surface area contributed by atoms with Crippen LogP contribution < -0.4 is 0 Å². The molecule has 0 rings (SSSR count). The average molecular weight is 59.4 g/mol. The van der Waals surface area contributed by atoms with Crippen molar-refractivity contribution >= 4 is 42.6 Å². The van der Waals surface area contributed by atoms with E-state index in [9.17, 15) is 0 Å². The molecule has 0 N–H and O–H groups in total. The fourth-order valence-corrected chi connectivity index (χ4v) is 0. The summed E-state index contributed by atoms with van der Waals surface area (Å²) >= 11 is 0. The van der Waals surface area contributed by atoms with Crippen molar-refractivity contribution in [2.75, 3.05) is 0 Å². The van der Waals surface area contributed by atoms with Crippen molar-refractivity contribution in [3.05, 3.63) is 0 Å². The Morgan fingerprint density at radius 2 is 0.500 bits per heavy atom. The minimum Gasteiger partial charge on any atom is -1.00 e. The molecule has 0 aromatic heterocycles. The fourth-order valence-electron chi connectivity index (χ4n) is 0. The predicted molar refractivity (Wildman–Crippen MR) is 23.0 cm³/mol. The summed E-state index contributed by atoms with van der Waals surface area (Å²) in [5.74, 6) is 0. The van der Waals surface area contributed by atoms with Crippen LogP contribution in [0.1, 0.15) is 0 Å². The Kier molecular flexibility index (Phi) is 1630. The summed E-state index contributed by atoms with van der Waals surface area (Å²) in [6.45, 7) is 0. The summed E-state index contributed by atoms with van der Waals surface area (Å²) in [6.07, 6.45) is 0. The molecular weight excluding hydrogens is 59.4 g/mol. The van der Waals surface area contributed by atoms with Crippen molar-refractivity contribution in [2.24, 2.45) is 0 Å². The second-order valence-electron chi connectivity index (χ2n) is 0. The topological polar surface area (TPSA) is 0 Å². The Hall–Kier alpha value is 0.727. The first-order valence-electron chi connectivity index (χ1n) is 0. The van der Waals surface area contributed by atoms with Gasteiger partial charge in [-0.25, -0.2) is 0 Å². The predicted octanol–water partition coefficient (Wildman–Crippen LogP) is -1.52. The van der Waals surface area contributed by atoms with E-state index in [1.54, 1.807) is 0 Å². The molecule has 0 saturated heterocycles. The van der Waals surface area contributed by atoms with Gasteiger partial charge in [-0.1, -0.05) is 0 Å². The number of hydrogen-bond acceptors (Lipinski definition) is 0. The molecule has 0 saturated carbocycles. The van der Waals surface area contributed by atoms with E-state index in [1.165, 1.54) is 0 Å². The third kappa shape index (κ3) is 15.4. The Morgan fingerprint density at radius 3 is 0.500 bits per heavy atom. The minimum absolute atomic E-state index is 0. The number of rotatable bonds is 0. The molecule has 12 valence electrons. The van der Waals surface area contributed by atoms with Gasteiger partial charge < -0.3 is 25.2 Å². The van der Waals surface area contributed by atoms with Crippen molar-refractivity contribution in [3.8, 4) is 0 Å². The van der Waals surface area contributed by atoms with Crippen molar-refractivity contribution < 1.29 is 0 Å². The van der Waals surface area contributed by atoms with E-state index in [1.807, 2.05) is 0 Å². The summed E-state index contributed by atoms with van der Waals surface area (Å²) in [6, 6.07) is 0. The average Bonchev–Trinajstić information content (AvgIpc) is 0. The molecule has 0 aliphatic rings. The molecular formula is AlB3. The van der Waals surface area contributed by atoms with Gasteiger partial charge in [0, 0.05) is 0 Å². The third-order valence-electron chi connectivity index (χ3n) is 0. The van der Waals surface area contributed by atoms with Crippen LogP contribution >= 0.6 is 0 Å². The van der Waals surface area contributed by atoms with E-state index in [2.05, 4.69) is 0 Å². The van der Waals surface area contributed by atoms with Gasteiger partial charge in [-0.2, -0.15) is 0 Å². The molecule has 0 aromatic rings. The van der Waals surface area contributed by atoms with Gasteiger partial charge in [-0.05, 0) is 0 Å². The molecule has 0 aliphatic carbocycles. The second-order valence-corrected chi connectivity index (χ2v) is 0. The van der Waals surface area contributed by atoms with Gasteiger partial charge in [-0.15, -0.1) is 0 Å². The molecule has 0 bridgehead atoms. The maximum Gasteiger partial charge on any atom is 3.00 e. The van der Waals surface area contributed by atoms with Crippen LogP contribution in [0.15, 0.2) is 0 Å². The molecule has 4 heteroatoms. The van der Waals surface area contributed by atoms with Gasteiger partial charge >= 0.3 is 17.4 Å². The maximum atomic E-state index is 0. The monoisotopic (exact) mass is 60.0 g/mol. The van der Waals surface area contributed by atoms with Gasteiger partial charge in [0.05, 0.1) is 0 Å². The Bertz CT molecular complexity index is 3.25. The minimum atomic E-state index is 0. The first-order chi connectivity index (χ1) is 0. The van der Waals surface area contributed by atoms with Crippen molar-refractivity contribution in [1.29, 1.82) is 0 Å². The molecule has 0 atom stereocenters. The van der Waals surface area contributed by atoms with Crippen LogP contribution in [0.3, 0.4) is 0 Å². The third-order valence-corrected chi connectivity index (χ3v) is 0. The maximum absolute atomic E-state index is 0. The van der Waals surface area contributed by atoms with E-state index in [-0.39, 0.29) is 42.6 Å². The molecule has 0 fully saturated rings. The van der Waals surface area contributed by atoms with Crippen LogP contribution in [-0.2, 0) is 0 Å². The van der Waals surface area contributed by atoms with Gasteiger partial charge in [0.15, 0.2) is 0 Å². The van der Waals surface area contributed by atoms with E-state index in [0.717, 1.165) is 0 Å². The quantitative estimate of drug-likeness (QED) is 0.297. The second kappa shape index (κ2) is 52.4. The van der Waals surface area contributed by atoms with Crippen molar-refractivity contribution in [3.63, 3.8) is 0 Å². The summed E-state index contributed by atoms with van der Waals surface area (Å²) < 4.78 is 0. The van der Waals surface area contributed by atoms with Gasteiger partial charge in [0.2, 0.25) is 0 Å². The SMILES string of the molecule is [Al+3].[B-].[B-].[B-]. The van der Waals surface area contributed by atoms with Crippen LogP contribution in [0.2, 0.25) is 0 Å². The molecule has 0 heterocycles. The van der Waals surface area contributed by atoms with E-state index in [4.69, 9.17) is 0 Å². The molecule has 4 heavy (non-hydrogen) atoms. The van der Waals surface area contributed by atoms with Gasteiger partial charge in [0.25, 0.3) is 0 Å². The number of hydrogen-bond donors (Lipinski definition) is 0. The summed E-state index contributed by atoms with van der Waals surface area (Å²) in [7, 11) is 0.